The summed E-state index contributed by atoms with van der Waals surface area (Å²) in [5.41, 5.74) is 3.58. The van der Waals surface area contributed by atoms with Crippen LogP contribution < -0.4 is 15.4 Å². The molecule has 9 heteroatoms. The van der Waals surface area contributed by atoms with Gasteiger partial charge >= 0.3 is 0 Å². The van der Waals surface area contributed by atoms with Gasteiger partial charge in [-0.05, 0) is 68.5 Å². The summed E-state index contributed by atoms with van der Waals surface area (Å²) in [6.07, 6.45) is 0.810. The number of carbonyl (C=O) groups is 1. The lowest BCUT2D eigenvalue weighted by molar-refractivity contribution is 0.0922. The maximum atomic E-state index is 12.9. The summed E-state index contributed by atoms with van der Waals surface area (Å²) >= 11 is 5.08. The van der Waals surface area contributed by atoms with Gasteiger partial charge in [-0.3, -0.25) is 20.0 Å². The van der Waals surface area contributed by atoms with Crippen LogP contribution in [0.1, 0.15) is 39.8 Å². The van der Waals surface area contributed by atoms with Crippen molar-refractivity contribution in [3.63, 3.8) is 0 Å². The lowest BCUT2D eigenvalue weighted by Crippen LogP contribution is -2.48. The maximum absolute atomic E-state index is 12.9. The summed E-state index contributed by atoms with van der Waals surface area (Å²) in [4.78, 5) is 21.8. The third-order valence-corrected chi connectivity index (χ3v) is 6.30. The molecule has 2 aromatic carbocycles. The smallest absolute Gasteiger partial charge is 0.251 e. The summed E-state index contributed by atoms with van der Waals surface area (Å²) in [6, 6.07) is 17.3. The zero-order chi connectivity index (χ0) is 23.5. The van der Waals surface area contributed by atoms with Gasteiger partial charge in [-0.1, -0.05) is 18.2 Å². The first-order valence-corrected chi connectivity index (χ1v) is 11.7. The number of nitrogens with one attached hydrogen (secondary N) is 4. The standard InChI is InChI=1S/C25H26N6O2S/c1-15-12-17(19-4-2-3-5-21(19)27-15)14-33-18-8-6-16(7-9-18)24(32)28-22-10-11-26-13-20(22)23-29-25(34)31-30-23/h2-9,12,20,22,26H,10-11,13-14H2,1H3,(H,28,32)(H2,29,30,31,34). The predicted molar refractivity (Wildman–Crippen MR) is 133 cm³/mol. The highest BCUT2D eigenvalue weighted by atomic mass is 32.1. The molecule has 4 N–H and O–H groups in total. The van der Waals surface area contributed by atoms with E-state index in [2.05, 4.69) is 36.9 Å². The Morgan fingerprint density at radius 3 is 2.76 bits per heavy atom. The molecule has 5 rings (SSSR count). The number of fused-ring (bicyclic) bond motifs is 1. The first kappa shape index (κ1) is 22.2. The molecule has 2 aromatic heterocycles. The number of benzene rings is 2. The number of hydrogen-bond acceptors (Lipinski definition) is 6. The lowest BCUT2D eigenvalue weighted by atomic mass is 9.92. The molecule has 8 nitrogen and oxygen atoms in total. The molecule has 3 heterocycles. The lowest BCUT2D eigenvalue weighted by Gasteiger charge is -2.31. The molecule has 2 unspecified atom stereocenters. The molecule has 0 saturated carbocycles. The van der Waals surface area contributed by atoms with E-state index in [1.165, 1.54) is 0 Å². The van der Waals surface area contributed by atoms with Gasteiger partial charge in [0, 0.05) is 34.8 Å². The number of aryl methyl sites for hydroxylation is 1. The number of rotatable bonds is 6. The van der Waals surface area contributed by atoms with Gasteiger partial charge < -0.3 is 15.4 Å². The molecular formula is C25H26N6O2S. The van der Waals surface area contributed by atoms with E-state index in [-0.39, 0.29) is 17.9 Å². The molecule has 0 spiro atoms. The van der Waals surface area contributed by atoms with Crippen molar-refractivity contribution in [2.45, 2.75) is 31.9 Å². The van der Waals surface area contributed by atoms with E-state index in [0.29, 0.717) is 22.7 Å². The molecule has 1 saturated heterocycles. The predicted octanol–water partition coefficient (Wildman–Crippen LogP) is 3.78. The second kappa shape index (κ2) is 9.74. The summed E-state index contributed by atoms with van der Waals surface area (Å²) in [5.74, 6) is 1.37. The summed E-state index contributed by atoms with van der Waals surface area (Å²) in [6.45, 7) is 3.97. The molecular weight excluding hydrogens is 448 g/mol. The van der Waals surface area contributed by atoms with Crippen LogP contribution in [0.4, 0.5) is 0 Å². The monoisotopic (exact) mass is 474 g/mol. The van der Waals surface area contributed by atoms with Gasteiger partial charge in [0.25, 0.3) is 5.91 Å². The second-order valence-electron chi connectivity index (χ2n) is 8.48. The van der Waals surface area contributed by atoms with Crippen LogP contribution in [0.25, 0.3) is 10.9 Å². The molecule has 174 valence electrons. The van der Waals surface area contributed by atoms with Crippen molar-refractivity contribution >= 4 is 29.0 Å². The number of H-pyrrole nitrogens is 2. The number of hydrogen-bond donors (Lipinski definition) is 4. The van der Waals surface area contributed by atoms with Crippen LogP contribution >= 0.6 is 12.2 Å². The zero-order valence-corrected chi connectivity index (χ0v) is 19.6. The Hall–Kier alpha value is -3.56. The molecule has 2 atom stereocenters. The minimum atomic E-state index is -0.117. The Labute approximate surface area is 202 Å². The van der Waals surface area contributed by atoms with Crippen LogP contribution in [-0.4, -0.2) is 45.2 Å². The Morgan fingerprint density at radius 2 is 1.97 bits per heavy atom. The molecule has 0 bridgehead atoms. The fraction of sp³-hybridized carbons (Fsp3) is 0.280. The quantitative estimate of drug-likeness (QED) is 0.317. The average molecular weight is 475 g/mol. The fourth-order valence-corrected chi connectivity index (χ4v) is 4.56. The van der Waals surface area contributed by atoms with Crippen molar-refractivity contribution in [1.29, 1.82) is 0 Å². The van der Waals surface area contributed by atoms with E-state index in [0.717, 1.165) is 47.5 Å². The van der Waals surface area contributed by atoms with Gasteiger partial charge in [0.05, 0.1) is 11.4 Å². The van der Waals surface area contributed by atoms with E-state index < -0.39 is 0 Å². The molecule has 4 aromatic rings. The SMILES string of the molecule is Cc1cc(COc2ccc(C(=O)NC3CCNCC3c3nc(=S)[nH][nH]3)cc2)c2ccccc2n1. The number of nitrogens with zero attached hydrogens (tertiary/aromatic N) is 2. The number of pyridine rings is 1. The largest absolute Gasteiger partial charge is 0.489 e. The maximum Gasteiger partial charge on any atom is 0.251 e. The Balaban J connectivity index is 1.24. The van der Waals surface area contributed by atoms with Crippen LogP contribution in [0.2, 0.25) is 0 Å². The third-order valence-electron chi connectivity index (χ3n) is 6.11. The van der Waals surface area contributed by atoms with Crippen LogP contribution in [0.5, 0.6) is 5.75 Å². The highest BCUT2D eigenvalue weighted by Crippen LogP contribution is 2.23. The van der Waals surface area contributed by atoms with E-state index in [1.54, 1.807) is 12.1 Å². The highest BCUT2D eigenvalue weighted by Gasteiger charge is 2.30. The van der Waals surface area contributed by atoms with Gasteiger partial charge in [0.2, 0.25) is 4.77 Å². The topological polar surface area (TPSA) is 108 Å². The normalized spacial score (nSPS) is 18.0. The second-order valence-corrected chi connectivity index (χ2v) is 8.87. The third kappa shape index (κ3) is 4.85. The number of para-hydroxylation sites is 1. The van der Waals surface area contributed by atoms with E-state index in [4.69, 9.17) is 17.0 Å². The Kier molecular flexibility index (Phi) is 6.37. The van der Waals surface area contributed by atoms with Gasteiger partial charge in [-0.15, -0.1) is 0 Å². The summed E-state index contributed by atoms with van der Waals surface area (Å²) < 4.78 is 6.44. The van der Waals surface area contributed by atoms with Crippen LogP contribution in [-0.2, 0) is 6.61 Å². The number of carbonyl (C=O) groups excluding carboxylic acids is 1. The molecule has 1 fully saturated rings. The van der Waals surface area contributed by atoms with Crippen molar-refractivity contribution in [3.8, 4) is 5.75 Å². The molecule has 1 aliphatic rings. The summed E-state index contributed by atoms with van der Waals surface area (Å²) in [7, 11) is 0. The van der Waals surface area contributed by atoms with Crippen molar-refractivity contribution in [2.75, 3.05) is 13.1 Å². The van der Waals surface area contributed by atoms with Crippen molar-refractivity contribution in [3.05, 3.63) is 82.0 Å². The molecule has 34 heavy (non-hydrogen) atoms. The van der Waals surface area contributed by atoms with E-state index >= 15 is 0 Å². The van der Waals surface area contributed by atoms with Gasteiger partial charge in [-0.2, -0.15) is 0 Å². The highest BCUT2D eigenvalue weighted by molar-refractivity contribution is 7.71. The number of aromatic amines is 2. The Bertz CT molecular complexity index is 1360. The molecule has 0 radical (unpaired) electrons. The van der Waals surface area contributed by atoms with Gasteiger partial charge in [0.1, 0.15) is 18.2 Å². The van der Waals surface area contributed by atoms with E-state index in [9.17, 15) is 4.79 Å². The minimum Gasteiger partial charge on any atom is -0.489 e. The number of ether oxygens (including phenoxy) is 1. The minimum absolute atomic E-state index is 0.0203. The first-order valence-electron chi connectivity index (χ1n) is 11.3. The fourth-order valence-electron chi connectivity index (χ4n) is 4.41. The Morgan fingerprint density at radius 1 is 1.15 bits per heavy atom. The first-order chi connectivity index (χ1) is 16.6. The van der Waals surface area contributed by atoms with Gasteiger partial charge in [0.15, 0.2) is 0 Å². The average Bonchev–Trinajstić information content (AvgIpc) is 3.29. The molecule has 0 aliphatic carbocycles. The van der Waals surface area contributed by atoms with Crippen LogP contribution in [0.15, 0.2) is 54.6 Å². The van der Waals surface area contributed by atoms with Crippen molar-refractivity contribution in [1.82, 2.24) is 30.8 Å². The molecule has 1 aliphatic heterocycles. The number of piperidine rings is 1. The van der Waals surface area contributed by atoms with Crippen LogP contribution in [0, 0.1) is 11.7 Å². The van der Waals surface area contributed by atoms with Crippen molar-refractivity contribution < 1.29 is 9.53 Å². The zero-order valence-electron chi connectivity index (χ0n) is 18.8. The van der Waals surface area contributed by atoms with Gasteiger partial charge in [-0.25, -0.2) is 4.98 Å². The van der Waals surface area contributed by atoms with Crippen molar-refractivity contribution in [2.24, 2.45) is 0 Å². The molecule has 1 amide bonds. The number of amides is 1. The van der Waals surface area contributed by atoms with E-state index in [1.807, 2.05) is 43.3 Å². The summed E-state index contributed by atoms with van der Waals surface area (Å²) in [5, 5.41) is 13.4. The number of aromatic nitrogens is 4. The van der Waals surface area contributed by atoms with Crippen LogP contribution in [0.3, 0.4) is 0 Å².